The predicted molar refractivity (Wildman–Crippen MR) is 97.9 cm³/mol. The number of nitrogens with zero attached hydrogens (tertiary/aromatic N) is 4. The van der Waals surface area contributed by atoms with Crippen molar-refractivity contribution in [2.75, 3.05) is 18.0 Å². The summed E-state index contributed by atoms with van der Waals surface area (Å²) in [5, 5.41) is 3.12. The molecule has 2 aliphatic rings. The van der Waals surface area contributed by atoms with Gasteiger partial charge in [-0.05, 0) is 30.4 Å². The summed E-state index contributed by atoms with van der Waals surface area (Å²) in [6, 6.07) is 6.80. The number of aromatic amines is 1. The van der Waals surface area contributed by atoms with Crippen molar-refractivity contribution in [3.63, 3.8) is 0 Å². The average molecular weight is 353 g/mol. The molecule has 2 fully saturated rings. The Balaban J connectivity index is 1.45. The van der Waals surface area contributed by atoms with Crippen LogP contribution in [0.5, 0.6) is 0 Å². The smallest absolute Gasteiger partial charge is 0.142 e. The number of fused-ring (bicyclic) bond motifs is 3. The molecule has 3 aromatic heterocycles. The topological polar surface area (TPSA) is 65.1 Å². The van der Waals surface area contributed by atoms with Gasteiger partial charge >= 0.3 is 0 Å². The zero-order valence-electron chi connectivity index (χ0n) is 13.7. The fourth-order valence-electron chi connectivity index (χ4n) is 4.42. The highest BCUT2D eigenvalue weighted by Gasteiger charge is 2.44. The Labute approximate surface area is 149 Å². The minimum absolute atomic E-state index is 0.114. The second kappa shape index (κ2) is 5.93. The minimum atomic E-state index is -0.114. The number of H-pyrrole nitrogens is 1. The Hall–Kier alpha value is -2.25. The summed E-state index contributed by atoms with van der Waals surface area (Å²) in [5.41, 5.74) is 0.879. The molecule has 3 aromatic rings. The Morgan fingerprint density at radius 3 is 2.80 bits per heavy atom. The van der Waals surface area contributed by atoms with E-state index in [9.17, 15) is 4.79 Å². The molecule has 1 N–H and O–H groups in total. The van der Waals surface area contributed by atoms with Gasteiger partial charge in [0.25, 0.3) is 0 Å². The van der Waals surface area contributed by atoms with Crippen LogP contribution in [0.15, 0.2) is 36.1 Å². The Morgan fingerprint density at radius 2 is 2.08 bits per heavy atom. The van der Waals surface area contributed by atoms with E-state index in [4.69, 9.17) is 0 Å². The van der Waals surface area contributed by atoms with E-state index in [1.807, 2.05) is 23.7 Å². The van der Waals surface area contributed by atoms with Crippen molar-refractivity contribution in [1.29, 1.82) is 0 Å². The molecule has 5 heterocycles. The number of rotatable bonds is 4. The van der Waals surface area contributed by atoms with Gasteiger partial charge in [-0.1, -0.05) is 6.07 Å². The highest BCUT2D eigenvalue weighted by Crippen LogP contribution is 2.39. The molecule has 3 unspecified atom stereocenters. The Morgan fingerprint density at radius 1 is 1.24 bits per heavy atom. The number of piperazine rings is 1. The van der Waals surface area contributed by atoms with Crippen LogP contribution in [0.4, 0.5) is 5.82 Å². The molecule has 0 spiro atoms. The van der Waals surface area contributed by atoms with Gasteiger partial charge in [0.1, 0.15) is 30.1 Å². The highest BCUT2D eigenvalue weighted by atomic mass is 32.1. The second-order valence-electron chi connectivity index (χ2n) is 6.77. The third kappa shape index (κ3) is 2.38. The molecule has 3 atom stereocenters. The fraction of sp³-hybridized carbons (Fsp3) is 0.389. The first kappa shape index (κ1) is 15.0. The first-order chi connectivity index (χ1) is 12.3. The normalized spacial score (nSPS) is 24.7. The number of anilines is 1. The number of hydrogen-bond acceptors (Lipinski definition) is 6. The number of carbonyl (C=O) groups excluding carboxylic acids is 1. The molecule has 0 aliphatic carbocycles. The number of aldehydes is 1. The van der Waals surface area contributed by atoms with Gasteiger partial charge in [-0.2, -0.15) is 0 Å². The lowest BCUT2D eigenvalue weighted by Gasteiger charge is -2.43. The van der Waals surface area contributed by atoms with Gasteiger partial charge in [-0.15, -0.1) is 11.3 Å². The quantitative estimate of drug-likeness (QED) is 0.731. The molecule has 25 heavy (non-hydrogen) atoms. The van der Waals surface area contributed by atoms with Crippen molar-refractivity contribution in [1.82, 2.24) is 19.9 Å². The number of carbonyl (C=O) groups is 1. The lowest BCUT2D eigenvalue weighted by molar-refractivity contribution is -0.113. The van der Waals surface area contributed by atoms with Crippen LogP contribution in [0.3, 0.4) is 0 Å². The monoisotopic (exact) mass is 353 g/mol. The van der Waals surface area contributed by atoms with E-state index in [1.165, 1.54) is 0 Å². The third-order valence-corrected chi connectivity index (χ3v) is 6.40. The average Bonchev–Trinajstić information content (AvgIpc) is 3.36. The molecule has 5 rings (SSSR count). The number of nitrogens with one attached hydrogen (secondary N) is 1. The Bertz CT molecular complexity index is 878. The summed E-state index contributed by atoms with van der Waals surface area (Å²) in [4.78, 5) is 29.8. The molecule has 6 nitrogen and oxygen atoms in total. The number of hydrogen-bond donors (Lipinski definition) is 1. The molecule has 128 valence electrons. The van der Waals surface area contributed by atoms with Gasteiger partial charge in [0, 0.05) is 36.2 Å². The molecular formula is C18H19N5OS. The zero-order chi connectivity index (χ0) is 16.8. The summed E-state index contributed by atoms with van der Waals surface area (Å²) in [5.74, 6) is 1.00. The van der Waals surface area contributed by atoms with Crippen LogP contribution in [0.2, 0.25) is 0 Å². The maximum atomic E-state index is 11.8. The van der Waals surface area contributed by atoms with Crippen LogP contribution in [-0.4, -0.2) is 51.3 Å². The van der Waals surface area contributed by atoms with Crippen LogP contribution >= 0.6 is 11.3 Å². The van der Waals surface area contributed by atoms with E-state index < -0.39 is 0 Å². The Kier molecular flexibility index (Phi) is 3.57. The first-order valence-corrected chi connectivity index (χ1v) is 9.52. The third-order valence-electron chi connectivity index (χ3n) is 5.46. The predicted octanol–water partition coefficient (Wildman–Crippen LogP) is 2.61. The van der Waals surface area contributed by atoms with Crippen molar-refractivity contribution < 1.29 is 4.79 Å². The van der Waals surface area contributed by atoms with Gasteiger partial charge in [0.05, 0.1) is 5.39 Å². The van der Waals surface area contributed by atoms with E-state index >= 15 is 0 Å². The van der Waals surface area contributed by atoms with E-state index in [2.05, 4.69) is 30.8 Å². The molecule has 2 saturated heterocycles. The van der Waals surface area contributed by atoms with E-state index in [-0.39, 0.29) is 6.04 Å². The van der Waals surface area contributed by atoms with Crippen LogP contribution in [0.25, 0.3) is 11.0 Å². The maximum Gasteiger partial charge on any atom is 0.142 e. The van der Waals surface area contributed by atoms with Crippen molar-refractivity contribution in [3.05, 3.63) is 41.0 Å². The van der Waals surface area contributed by atoms with Gasteiger partial charge < -0.3 is 14.7 Å². The molecule has 2 aliphatic heterocycles. The summed E-state index contributed by atoms with van der Waals surface area (Å²) < 4.78 is 0. The maximum absolute atomic E-state index is 11.8. The van der Waals surface area contributed by atoms with Gasteiger partial charge in [-0.3, -0.25) is 4.90 Å². The molecule has 7 heteroatoms. The largest absolute Gasteiger partial charge is 0.353 e. The van der Waals surface area contributed by atoms with Crippen molar-refractivity contribution >= 4 is 34.5 Å². The zero-order valence-corrected chi connectivity index (χ0v) is 14.5. The van der Waals surface area contributed by atoms with Crippen LogP contribution in [0, 0.1) is 0 Å². The summed E-state index contributed by atoms with van der Waals surface area (Å²) >= 11 is 1.67. The van der Waals surface area contributed by atoms with Crippen LogP contribution in [-0.2, 0) is 4.79 Å². The molecular weight excluding hydrogens is 334 g/mol. The molecule has 0 amide bonds. The molecule has 2 bridgehead atoms. The first-order valence-electron chi connectivity index (χ1n) is 8.64. The SMILES string of the molecule is O=CC(c1cccs1)N1C2CCC1CN(c1ncnc3[nH]ccc13)C2. The van der Waals surface area contributed by atoms with Crippen molar-refractivity contribution in [2.24, 2.45) is 0 Å². The van der Waals surface area contributed by atoms with Gasteiger partial charge in [-0.25, -0.2) is 9.97 Å². The van der Waals surface area contributed by atoms with Crippen LogP contribution in [0.1, 0.15) is 23.8 Å². The molecule has 0 aromatic carbocycles. The lowest BCUT2D eigenvalue weighted by atomic mass is 10.1. The minimum Gasteiger partial charge on any atom is -0.353 e. The van der Waals surface area contributed by atoms with Gasteiger partial charge in [0.2, 0.25) is 0 Å². The standard InChI is InChI=1S/C18H19N5OS/c24-10-15(16-2-1-7-25-16)23-12-3-4-13(23)9-22(8-12)18-14-5-6-19-17(14)20-11-21-18/h1-2,5-7,10-13,15H,3-4,8-9H2,(H,19,20,21). The molecule has 0 saturated carbocycles. The fourth-order valence-corrected chi connectivity index (χ4v) is 5.21. The van der Waals surface area contributed by atoms with Crippen molar-refractivity contribution in [3.8, 4) is 0 Å². The summed E-state index contributed by atoms with van der Waals surface area (Å²) in [6.07, 6.45) is 6.92. The number of aromatic nitrogens is 3. The summed E-state index contributed by atoms with van der Waals surface area (Å²) in [6.45, 7) is 1.81. The molecule has 0 radical (unpaired) electrons. The van der Waals surface area contributed by atoms with E-state index in [0.29, 0.717) is 12.1 Å². The van der Waals surface area contributed by atoms with Crippen LogP contribution < -0.4 is 4.90 Å². The van der Waals surface area contributed by atoms with Gasteiger partial charge in [0.15, 0.2) is 0 Å². The highest BCUT2D eigenvalue weighted by molar-refractivity contribution is 7.10. The number of thiophene rings is 1. The second-order valence-corrected chi connectivity index (χ2v) is 7.75. The van der Waals surface area contributed by atoms with E-state index in [1.54, 1.807) is 17.7 Å². The summed E-state index contributed by atoms with van der Waals surface area (Å²) in [7, 11) is 0. The lowest BCUT2D eigenvalue weighted by Crippen LogP contribution is -2.55. The van der Waals surface area contributed by atoms with Crippen molar-refractivity contribution in [2.45, 2.75) is 31.0 Å². The van der Waals surface area contributed by atoms with E-state index in [0.717, 1.165) is 53.9 Å².